The number of phosphoric acid groups is 2. The number of aliphatic hydroxyl groups excluding tert-OH is 1. The molecule has 0 heterocycles. The summed E-state index contributed by atoms with van der Waals surface area (Å²) in [6, 6.07) is 8.10. The molecule has 12 heteroatoms. The van der Waals surface area contributed by atoms with E-state index in [-0.39, 0.29) is 0 Å². The van der Waals surface area contributed by atoms with Crippen LogP contribution < -0.4 is 4.74 Å². The molecule has 2 aromatic rings. The van der Waals surface area contributed by atoms with Gasteiger partial charge in [-0.25, -0.2) is 9.13 Å². The quantitative estimate of drug-likeness (QED) is 0.146. The normalized spacial score (nSPS) is 14.8. The van der Waals surface area contributed by atoms with Gasteiger partial charge in [-0.15, -0.1) is 0 Å². The van der Waals surface area contributed by atoms with Gasteiger partial charge in [-0.05, 0) is 46.6 Å². The number of benzene rings is 2. The van der Waals surface area contributed by atoms with E-state index in [0.29, 0.717) is 11.3 Å². The van der Waals surface area contributed by atoms with Crippen molar-refractivity contribution in [3.8, 4) is 5.75 Å². The van der Waals surface area contributed by atoms with Crippen molar-refractivity contribution >= 4 is 15.6 Å². The van der Waals surface area contributed by atoms with Crippen LogP contribution in [0, 0.1) is 19.3 Å². The lowest BCUT2D eigenvalue weighted by molar-refractivity contribution is -0.0725. The van der Waals surface area contributed by atoms with Crippen molar-refractivity contribution in [2.45, 2.75) is 125 Å². The van der Waals surface area contributed by atoms with Crippen LogP contribution in [-0.2, 0) is 39.8 Å². The van der Waals surface area contributed by atoms with Gasteiger partial charge in [0.05, 0.1) is 25.2 Å². The van der Waals surface area contributed by atoms with E-state index in [2.05, 4.69) is 41.5 Å². The van der Waals surface area contributed by atoms with Crippen LogP contribution in [0.25, 0.3) is 0 Å². The first kappa shape index (κ1) is 41.6. The van der Waals surface area contributed by atoms with E-state index < -0.39 is 68.6 Å². The lowest BCUT2D eigenvalue weighted by Gasteiger charge is -2.44. The molecule has 10 nitrogen and oxygen atoms in total. The van der Waals surface area contributed by atoms with E-state index >= 15 is 0 Å². The molecule has 1 atom stereocenters. The summed E-state index contributed by atoms with van der Waals surface area (Å²) in [6.45, 7) is 25.9. The number of phosphoric ester groups is 2. The highest BCUT2D eigenvalue weighted by atomic mass is 31.2. The Morgan fingerprint density at radius 1 is 0.596 bits per heavy atom. The van der Waals surface area contributed by atoms with Gasteiger partial charge in [0.25, 0.3) is 0 Å². The molecule has 0 aliphatic heterocycles. The van der Waals surface area contributed by atoms with Gasteiger partial charge in [0, 0.05) is 16.7 Å². The molecule has 0 fully saturated rings. The smallest absolute Gasteiger partial charge is 0.469 e. The highest BCUT2D eigenvalue weighted by Crippen LogP contribution is 2.53. The number of ether oxygens (including phenoxy) is 1. The third-order valence-corrected chi connectivity index (χ3v) is 9.13. The minimum Gasteiger partial charge on any atom is -0.484 e. The Bertz CT molecular complexity index is 1410. The van der Waals surface area contributed by atoms with Crippen LogP contribution in [0.1, 0.15) is 128 Å². The second-order valence-corrected chi connectivity index (χ2v) is 19.5. The van der Waals surface area contributed by atoms with Crippen LogP contribution in [0.2, 0.25) is 0 Å². The minimum absolute atomic E-state index is 0.439. The van der Waals surface area contributed by atoms with Crippen LogP contribution in [-0.4, -0.2) is 44.5 Å². The molecule has 2 aromatic carbocycles. The van der Waals surface area contributed by atoms with Crippen LogP contribution in [0.3, 0.4) is 0 Å². The maximum absolute atomic E-state index is 12.2. The van der Waals surface area contributed by atoms with E-state index in [1.54, 1.807) is 0 Å². The third kappa shape index (κ3) is 11.0. The lowest BCUT2D eigenvalue weighted by Crippen LogP contribution is -2.46. The number of rotatable bonds is 11. The highest BCUT2D eigenvalue weighted by Gasteiger charge is 2.49. The lowest BCUT2D eigenvalue weighted by atomic mass is 9.69. The molecule has 47 heavy (non-hydrogen) atoms. The second kappa shape index (κ2) is 14.0. The number of aryl methyl sites for hydroxylation is 2. The first-order valence-electron chi connectivity index (χ1n) is 15.8. The van der Waals surface area contributed by atoms with Gasteiger partial charge in [-0.3, -0.25) is 9.05 Å². The van der Waals surface area contributed by atoms with Gasteiger partial charge in [0.15, 0.2) is 0 Å². The number of aliphatic hydroxyl groups is 1. The van der Waals surface area contributed by atoms with E-state index in [0.717, 1.165) is 33.4 Å². The second-order valence-electron chi connectivity index (χ2n) is 17.0. The Hall–Kier alpha value is -1.58. The Balaban J connectivity index is 3.34. The maximum Gasteiger partial charge on any atom is 0.469 e. The topological polar surface area (TPSA) is 163 Å². The molecule has 1 unspecified atom stereocenters. The monoisotopic (exact) mass is 700 g/mol. The Kier molecular flexibility index (Phi) is 12.4. The first-order valence-corrected chi connectivity index (χ1v) is 18.9. The Morgan fingerprint density at radius 3 is 1.15 bits per heavy atom. The van der Waals surface area contributed by atoms with Crippen LogP contribution in [0.5, 0.6) is 5.75 Å². The number of hydrogen-bond acceptors (Lipinski definition) is 6. The maximum atomic E-state index is 12.2. The fraction of sp³-hybridized carbons (Fsp3) is 0.657. The summed E-state index contributed by atoms with van der Waals surface area (Å²) in [5, 5.41) is 11.3. The van der Waals surface area contributed by atoms with E-state index in [1.807, 2.05) is 79.7 Å². The molecular formula is C35H58O10P2. The summed E-state index contributed by atoms with van der Waals surface area (Å²) in [7, 11) is -10.3. The fourth-order valence-electron chi connectivity index (χ4n) is 5.74. The summed E-state index contributed by atoms with van der Waals surface area (Å²) in [5.41, 5.74) is 2.15. The molecule has 0 aromatic heterocycles. The van der Waals surface area contributed by atoms with Crippen molar-refractivity contribution in [3.63, 3.8) is 0 Å². The predicted molar refractivity (Wildman–Crippen MR) is 186 cm³/mol. The van der Waals surface area contributed by atoms with Crippen molar-refractivity contribution in [1.82, 2.24) is 0 Å². The van der Waals surface area contributed by atoms with Gasteiger partial charge < -0.3 is 29.4 Å². The molecule has 0 amide bonds. The molecule has 0 aliphatic rings. The third-order valence-electron chi connectivity index (χ3n) is 8.20. The van der Waals surface area contributed by atoms with Crippen molar-refractivity contribution in [2.75, 3.05) is 19.8 Å². The van der Waals surface area contributed by atoms with Gasteiger partial charge >= 0.3 is 15.6 Å². The average molecular weight is 701 g/mol. The molecule has 5 N–H and O–H groups in total. The van der Waals surface area contributed by atoms with E-state index in [4.69, 9.17) is 13.8 Å². The molecule has 0 saturated carbocycles. The summed E-state index contributed by atoms with van der Waals surface area (Å²) in [6.07, 6.45) is -1.28. The molecular weight excluding hydrogens is 642 g/mol. The van der Waals surface area contributed by atoms with Crippen molar-refractivity contribution < 1.29 is 47.6 Å². The zero-order valence-electron chi connectivity index (χ0n) is 30.7. The Labute approximate surface area is 281 Å². The molecule has 0 saturated heterocycles. The van der Waals surface area contributed by atoms with Crippen molar-refractivity contribution in [3.05, 3.63) is 63.2 Å². The van der Waals surface area contributed by atoms with Gasteiger partial charge in [-0.1, -0.05) is 118 Å². The van der Waals surface area contributed by atoms with Gasteiger partial charge in [0.2, 0.25) is 0 Å². The van der Waals surface area contributed by atoms with E-state index in [9.17, 15) is 33.8 Å². The van der Waals surface area contributed by atoms with Crippen LogP contribution in [0.4, 0.5) is 0 Å². The molecule has 0 aliphatic carbocycles. The zero-order chi connectivity index (χ0) is 36.8. The SMILES string of the molecule is Cc1cc(C(C)(C)C)c(OC(c2c(C(C)(C)C)cc(C)cc2C(C)(C)C)C(CO)(COP(=O)(O)O)COP(=O)(O)O)c(C(C)(C)C)c1. The minimum atomic E-state index is -5.15. The largest absolute Gasteiger partial charge is 0.484 e. The summed E-state index contributed by atoms with van der Waals surface area (Å²) in [5.74, 6) is 0.506. The summed E-state index contributed by atoms with van der Waals surface area (Å²) < 4.78 is 41.7. The summed E-state index contributed by atoms with van der Waals surface area (Å²) in [4.78, 5) is 39.4. The van der Waals surface area contributed by atoms with Crippen molar-refractivity contribution in [2.24, 2.45) is 5.41 Å². The first-order chi connectivity index (χ1) is 20.8. The number of hydrogen-bond donors (Lipinski definition) is 5. The Morgan fingerprint density at radius 2 is 0.894 bits per heavy atom. The van der Waals surface area contributed by atoms with E-state index in [1.165, 1.54) is 0 Å². The average Bonchev–Trinajstić information content (AvgIpc) is 2.85. The molecule has 2 rings (SSSR count). The van der Waals surface area contributed by atoms with Crippen molar-refractivity contribution in [1.29, 1.82) is 0 Å². The standard InChI is InChI=1S/C35H58O10P2/c1-22-15-24(31(3,4)5)28(25(16-22)32(6,7)8)30(35(19-36,20-43-46(37,38)39)21-44-47(40,41)42)45-29-26(33(9,10)11)17-23(2)18-27(29)34(12,13)14/h15-18,30,36H,19-21H2,1-14H3,(H2,37,38,39)(H2,40,41,42). The van der Waals surface area contributed by atoms with Gasteiger partial charge in [0.1, 0.15) is 11.9 Å². The molecule has 0 spiro atoms. The fourth-order valence-corrected chi connectivity index (χ4v) is 6.59. The van der Waals surface area contributed by atoms with Gasteiger partial charge in [-0.2, -0.15) is 0 Å². The van der Waals surface area contributed by atoms with Crippen LogP contribution in [0.15, 0.2) is 24.3 Å². The van der Waals surface area contributed by atoms with Crippen LogP contribution >= 0.6 is 15.6 Å². The molecule has 0 radical (unpaired) electrons. The molecule has 268 valence electrons. The highest BCUT2D eigenvalue weighted by molar-refractivity contribution is 7.46. The zero-order valence-corrected chi connectivity index (χ0v) is 32.5. The summed E-state index contributed by atoms with van der Waals surface area (Å²) >= 11 is 0. The predicted octanol–water partition coefficient (Wildman–Crippen LogP) is 7.81. The molecule has 0 bridgehead atoms.